The van der Waals surface area contributed by atoms with Crippen molar-refractivity contribution in [2.45, 2.75) is 0 Å². The van der Waals surface area contributed by atoms with Gasteiger partial charge in [0.15, 0.2) is 0 Å². The molecule has 0 rings (SSSR count). The molecule has 0 aliphatic rings. The summed E-state index contributed by atoms with van der Waals surface area (Å²) in [6.07, 6.45) is 0. The van der Waals surface area contributed by atoms with Gasteiger partial charge in [0.1, 0.15) is 0 Å². The Kier molecular flexibility index (Phi) is 11.7. The standard InChI is InChI=1S/C5H13NO2.Ti/c1-6(2-4-7)3-5-8;/h7-8H,2-5H2,1H3;. The van der Waals surface area contributed by atoms with Crippen LogP contribution in [-0.4, -0.2) is 48.5 Å². The molecule has 0 radical (unpaired) electrons. The number of aliphatic hydroxyl groups is 2. The van der Waals surface area contributed by atoms with Crippen LogP contribution in [-0.2, 0) is 21.7 Å². The largest absolute Gasteiger partial charge is 0.395 e. The van der Waals surface area contributed by atoms with E-state index in [-0.39, 0.29) is 34.9 Å². The molecule has 0 saturated heterocycles. The van der Waals surface area contributed by atoms with Gasteiger partial charge in [-0.05, 0) is 7.05 Å². The number of likely N-dealkylation sites (N-methyl/N-ethyl adjacent to an activating group) is 1. The molecule has 0 fully saturated rings. The van der Waals surface area contributed by atoms with Crippen LogP contribution in [0.3, 0.4) is 0 Å². The quantitative estimate of drug-likeness (QED) is 0.522. The summed E-state index contributed by atoms with van der Waals surface area (Å²) in [6, 6.07) is 0. The number of nitrogens with zero attached hydrogens (tertiary/aromatic N) is 1. The molecule has 0 aromatic carbocycles. The van der Waals surface area contributed by atoms with Crippen LogP contribution in [0, 0.1) is 0 Å². The van der Waals surface area contributed by atoms with Crippen molar-refractivity contribution in [2.75, 3.05) is 33.4 Å². The Balaban J connectivity index is 0. The predicted molar refractivity (Wildman–Crippen MR) is 31.7 cm³/mol. The van der Waals surface area contributed by atoms with E-state index in [9.17, 15) is 0 Å². The molecule has 0 atom stereocenters. The smallest absolute Gasteiger partial charge is 0.0558 e. The number of rotatable bonds is 4. The van der Waals surface area contributed by atoms with Crippen LogP contribution in [0.25, 0.3) is 0 Å². The first kappa shape index (κ1) is 12.3. The average molecular weight is 167 g/mol. The fraction of sp³-hybridized carbons (Fsp3) is 1.00. The monoisotopic (exact) mass is 167 g/mol. The molecule has 3 nitrogen and oxygen atoms in total. The molecular weight excluding hydrogens is 154 g/mol. The van der Waals surface area contributed by atoms with Crippen LogP contribution < -0.4 is 0 Å². The van der Waals surface area contributed by atoms with E-state index in [1.54, 1.807) is 0 Å². The normalized spacial score (nSPS) is 9.33. The molecule has 9 heavy (non-hydrogen) atoms. The summed E-state index contributed by atoms with van der Waals surface area (Å²) >= 11 is 0. The Hall–Kier alpha value is 0.594. The molecular formula is C5H13NO2Ti. The van der Waals surface area contributed by atoms with E-state index in [1.807, 2.05) is 11.9 Å². The van der Waals surface area contributed by atoms with Crippen LogP contribution in [0.4, 0.5) is 0 Å². The Morgan fingerprint density at radius 3 is 1.67 bits per heavy atom. The minimum Gasteiger partial charge on any atom is -0.395 e. The van der Waals surface area contributed by atoms with Gasteiger partial charge in [-0.3, -0.25) is 0 Å². The molecule has 4 heteroatoms. The van der Waals surface area contributed by atoms with Crippen molar-refractivity contribution in [3.8, 4) is 0 Å². The molecule has 0 heterocycles. The second-order valence-electron chi connectivity index (χ2n) is 1.75. The van der Waals surface area contributed by atoms with Gasteiger partial charge in [-0.15, -0.1) is 0 Å². The van der Waals surface area contributed by atoms with E-state index >= 15 is 0 Å². The van der Waals surface area contributed by atoms with Crippen LogP contribution >= 0.6 is 0 Å². The van der Waals surface area contributed by atoms with Gasteiger partial charge >= 0.3 is 0 Å². The van der Waals surface area contributed by atoms with E-state index in [2.05, 4.69) is 0 Å². The Morgan fingerprint density at radius 2 is 1.44 bits per heavy atom. The van der Waals surface area contributed by atoms with Gasteiger partial charge < -0.3 is 15.1 Å². The summed E-state index contributed by atoms with van der Waals surface area (Å²) in [5, 5.41) is 16.7. The molecule has 0 amide bonds. The molecule has 0 saturated carbocycles. The van der Waals surface area contributed by atoms with Gasteiger partial charge in [0.05, 0.1) is 13.2 Å². The number of aliphatic hydroxyl groups excluding tert-OH is 2. The zero-order chi connectivity index (χ0) is 6.41. The molecule has 0 aromatic heterocycles. The van der Waals surface area contributed by atoms with Crippen molar-refractivity contribution in [3.05, 3.63) is 0 Å². The summed E-state index contributed by atoms with van der Waals surface area (Å²) in [5.74, 6) is 0. The van der Waals surface area contributed by atoms with E-state index in [1.165, 1.54) is 0 Å². The van der Waals surface area contributed by atoms with Crippen molar-refractivity contribution >= 4 is 0 Å². The van der Waals surface area contributed by atoms with Gasteiger partial charge in [0, 0.05) is 34.8 Å². The first-order valence-electron chi connectivity index (χ1n) is 2.71. The summed E-state index contributed by atoms with van der Waals surface area (Å²) in [5.41, 5.74) is 0. The van der Waals surface area contributed by atoms with E-state index in [0.29, 0.717) is 13.1 Å². The van der Waals surface area contributed by atoms with E-state index < -0.39 is 0 Å². The van der Waals surface area contributed by atoms with Crippen molar-refractivity contribution in [2.24, 2.45) is 0 Å². The SMILES string of the molecule is CN(CCO)CCO.[Ti]. The third-order valence-electron chi connectivity index (χ3n) is 0.963. The maximum Gasteiger partial charge on any atom is 0.0558 e. The van der Waals surface area contributed by atoms with Gasteiger partial charge in [-0.1, -0.05) is 0 Å². The average Bonchev–Trinajstić information content (AvgIpc) is 1.68. The fourth-order valence-corrected chi connectivity index (χ4v) is 0.453. The molecule has 0 spiro atoms. The van der Waals surface area contributed by atoms with Crippen molar-refractivity contribution in [3.63, 3.8) is 0 Å². The zero-order valence-electron chi connectivity index (χ0n) is 5.67. The van der Waals surface area contributed by atoms with Gasteiger partial charge in [-0.25, -0.2) is 0 Å². The molecule has 2 N–H and O–H groups in total. The molecule has 0 aliphatic heterocycles. The molecule has 0 unspecified atom stereocenters. The van der Waals surface area contributed by atoms with E-state index in [0.717, 1.165) is 0 Å². The third-order valence-corrected chi connectivity index (χ3v) is 0.963. The number of hydrogen-bond donors (Lipinski definition) is 2. The molecule has 0 bridgehead atoms. The first-order valence-corrected chi connectivity index (χ1v) is 2.71. The van der Waals surface area contributed by atoms with Crippen LogP contribution in [0.1, 0.15) is 0 Å². The second-order valence-corrected chi connectivity index (χ2v) is 1.75. The van der Waals surface area contributed by atoms with Crippen molar-refractivity contribution in [1.29, 1.82) is 0 Å². The molecule has 0 aromatic rings. The predicted octanol–water partition coefficient (Wildman–Crippen LogP) is -1.10. The minimum atomic E-state index is 0. The van der Waals surface area contributed by atoms with E-state index in [4.69, 9.17) is 10.2 Å². The van der Waals surface area contributed by atoms with Crippen LogP contribution in [0.5, 0.6) is 0 Å². The Morgan fingerprint density at radius 1 is 1.11 bits per heavy atom. The van der Waals surface area contributed by atoms with Crippen molar-refractivity contribution in [1.82, 2.24) is 4.90 Å². The maximum absolute atomic E-state index is 8.34. The third kappa shape index (κ3) is 8.59. The molecule has 54 valence electrons. The Labute approximate surface area is 70.6 Å². The maximum atomic E-state index is 8.34. The van der Waals surface area contributed by atoms with Crippen LogP contribution in [0.2, 0.25) is 0 Å². The van der Waals surface area contributed by atoms with Crippen LogP contribution in [0.15, 0.2) is 0 Å². The second kappa shape index (κ2) is 8.59. The Bertz CT molecular complexity index is 48.2. The topological polar surface area (TPSA) is 43.7 Å². The van der Waals surface area contributed by atoms with Crippen molar-refractivity contribution < 1.29 is 31.9 Å². The summed E-state index contributed by atoms with van der Waals surface area (Å²) in [6.45, 7) is 1.61. The van der Waals surface area contributed by atoms with Gasteiger partial charge in [0.2, 0.25) is 0 Å². The summed E-state index contributed by atoms with van der Waals surface area (Å²) < 4.78 is 0. The fourth-order valence-electron chi connectivity index (χ4n) is 0.453. The zero-order valence-corrected chi connectivity index (χ0v) is 7.23. The van der Waals surface area contributed by atoms with Gasteiger partial charge in [-0.2, -0.15) is 0 Å². The summed E-state index contributed by atoms with van der Waals surface area (Å²) in [7, 11) is 1.85. The first-order chi connectivity index (χ1) is 3.81. The van der Waals surface area contributed by atoms with Gasteiger partial charge in [0.25, 0.3) is 0 Å². The molecule has 0 aliphatic carbocycles. The minimum absolute atomic E-state index is 0. The number of hydrogen-bond acceptors (Lipinski definition) is 3. The summed E-state index contributed by atoms with van der Waals surface area (Å²) in [4.78, 5) is 1.86.